The summed E-state index contributed by atoms with van der Waals surface area (Å²) >= 11 is 0.970. The molecule has 2 heterocycles. The van der Waals surface area contributed by atoms with Gasteiger partial charge in [0.1, 0.15) is 0 Å². The molecule has 18 heavy (non-hydrogen) atoms. The average Bonchev–Trinajstić information content (AvgIpc) is 2.85. The van der Waals surface area contributed by atoms with Crippen LogP contribution in [0.1, 0.15) is 12.6 Å². The van der Waals surface area contributed by atoms with Gasteiger partial charge in [0.15, 0.2) is 0 Å². The van der Waals surface area contributed by atoms with E-state index >= 15 is 0 Å². The van der Waals surface area contributed by atoms with Crippen LogP contribution < -0.4 is 0 Å². The molecule has 1 aliphatic heterocycles. The van der Waals surface area contributed by atoms with E-state index in [1.54, 1.807) is 19.1 Å². The summed E-state index contributed by atoms with van der Waals surface area (Å²) in [6, 6.07) is 3.50. The van der Waals surface area contributed by atoms with Gasteiger partial charge < -0.3 is 4.57 Å². The van der Waals surface area contributed by atoms with E-state index in [2.05, 4.69) is 6.58 Å². The monoisotopic (exact) mass is 262 g/mol. The number of carbonyl (C=O) groups excluding carboxylic acids is 2. The molecular formula is C13H14N2O2S. The fourth-order valence-corrected chi connectivity index (χ4v) is 2.60. The number of hydrogen-bond donors (Lipinski definition) is 0. The van der Waals surface area contributed by atoms with Crippen LogP contribution in [0.4, 0.5) is 4.79 Å². The summed E-state index contributed by atoms with van der Waals surface area (Å²) in [5.41, 5.74) is 0.895. The molecule has 1 aliphatic rings. The maximum atomic E-state index is 12.1. The maximum Gasteiger partial charge on any atom is 0.294 e. The summed E-state index contributed by atoms with van der Waals surface area (Å²) in [6.45, 7) is 5.38. The first-order valence-electron chi connectivity index (χ1n) is 5.55. The van der Waals surface area contributed by atoms with E-state index in [0.29, 0.717) is 4.91 Å². The molecule has 4 nitrogen and oxygen atoms in total. The second-order valence-electron chi connectivity index (χ2n) is 4.07. The molecule has 0 N–H and O–H groups in total. The molecule has 0 unspecified atom stereocenters. The first kappa shape index (κ1) is 12.7. The van der Waals surface area contributed by atoms with Crippen LogP contribution in [0.5, 0.6) is 0 Å². The fourth-order valence-electron chi connectivity index (χ4n) is 1.69. The average molecular weight is 262 g/mol. The molecule has 0 bridgehead atoms. The molecule has 1 aromatic heterocycles. The van der Waals surface area contributed by atoms with Gasteiger partial charge >= 0.3 is 0 Å². The highest BCUT2D eigenvalue weighted by Crippen LogP contribution is 2.33. The van der Waals surface area contributed by atoms with Gasteiger partial charge in [-0.15, -0.1) is 6.58 Å². The highest BCUT2D eigenvalue weighted by atomic mass is 32.2. The Morgan fingerprint density at radius 3 is 2.72 bits per heavy atom. The topological polar surface area (TPSA) is 42.3 Å². The standard InChI is InChI=1S/C13H14N2O2S/c1-4-9(2)15-12(16)11(18-13(15)17)8-10-6-5-7-14(10)3/h4-9H,1H2,2-3H3/b11-8-/t9-/m0/s1. The van der Waals surface area contributed by atoms with Gasteiger partial charge in [-0.3, -0.25) is 14.5 Å². The summed E-state index contributed by atoms with van der Waals surface area (Å²) in [6.07, 6.45) is 5.21. The number of carbonyl (C=O) groups is 2. The summed E-state index contributed by atoms with van der Waals surface area (Å²) in [5.74, 6) is -0.251. The number of aromatic nitrogens is 1. The predicted molar refractivity (Wildman–Crippen MR) is 72.9 cm³/mol. The quantitative estimate of drug-likeness (QED) is 0.621. The molecule has 0 spiro atoms. The number of hydrogen-bond acceptors (Lipinski definition) is 3. The summed E-state index contributed by atoms with van der Waals surface area (Å²) < 4.78 is 1.89. The lowest BCUT2D eigenvalue weighted by Crippen LogP contribution is -2.35. The largest absolute Gasteiger partial charge is 0.351 e. The first-order valence-corrected chi connectivity index (χ1v) is 6.37. The first-order chi connectivity index (χ1) is 8.54. The Morgan fingerprint density at radius 1 is 1.44 bits per heavy atom. The van der Waals surface area contributed by atoms with Gasteiger partial charge in [0, 0.05) is 18.9 Å². The van der Waals surface area contributed by atoms with E-state index in [1.807, 2.05) is 29.9 Å². The molecule has 0 aromatic carbocycles. The summed E-state index contributed by atoms with van der Waals surface area (Å²) in [7, 11) is 1.89. The fraction of sp³-hybridized carbons (Fsp3) is 0.231. The zero-order valence-electron chi connectivity index (χ0n) is 10.3. The van der Waals surface area contributed by atoms with Gasteiger partial charge in [-0.05, 0) is 36.9 Å². The SMILES string of the molecule is C=C[C@H](C)N1C(=O)S/C(=C\c2cccn2C)C1=O. The molecule has 94 valence electrons. The minimum absolute atomic E-state index is 0.243. The van der Waals surface area contributed by atoms with E-state index in [0.717, 1.165) is 17.5 Å². The molecule has 0 radical (unpaired) electrons. The van der Waals surface area contributed by atoms with E-state index in [4.69, 9.17) is 0 Å². The van der Waals surface area contributed by atoms with Crippen LogP contribution in [0, 0.1) is 0 Å². The van der Waals surface area contributed by atoms with Crippen molar-refractivity contribution in [2.24, 2.45) is 7.05 Å². The Hall–Kier alpha value is -1.75. The van der Waals surface area contributed by atoms with E-state index in [9.17, 15) is 9.59 Å². The summed E-state index contributed by atoms with van der Waals surface area (Å²) in [4.78, 5) is 25.6. The molecule has 5 heteroatoms. The maximum absolute atomic E-state index is 12.1. The van der Waals surface area contributed by atoms with Crippen LogP contribution in [-0.2, 0) is 11.8 Å². The van der Waals surface area contributed by atoms with Crippen molar-refractivity contribution >= 4 is 29.0 Å². The number of nitrogens with zero attached hydrogens (tertiary/aromatic N) is 2. The molecule has 2 amide bonds. The minimum Gasteiger partial charge on any atom is -0.351 e. The van der Waals surface area contributed by atoms with Crippen LogP contribution >= 0.6 is 11.8 Å². The van der Waals surface area contributed by atoms with E-state index < -0.39 is 0 Å². The Bertz CT molecular complexity index is 545. The van der Waals surface area contributed by atoms with Gasteiger partial charge in [-0.25, -0.2) is 0 Å². The molecule has 1 saturated heterocycles. The predicted octanol–water partition coefficient (Wildman–Crippen LogP) is 2.64. The zero-order chi connectivity index (χ0) is 13.3. The van der Waals surface area contributed by atoms with E-state index in [-0.39, 0.29) is 17.2 Å². The lowest BCUT2D eigenvalue weighted by Gasteiger charge is -2.17. The van der Waals surface area contributed by atoms with Crippen molar-refractivity contribution < 1.29 is 9.59 Å². The van der Waals surface area contributed by atoms with Crippen LogP contribution in [0.2, 0.25) is 0 Å². The Morgan fingerprint density at radius 2 is 2.17 bits per heavy atom. The Labute approximate surface area is 110 Å². The minimum atomic E-state index is -0.281. The molecule has 1 fully saturated rings. The second kappa shape index (κ2) is 4.86. The normalized spacial score (nSPS) is 19.7. The number of thioether (sulfide) groups is 1. The molecule has 0 aliphatic carbocycles. The third kappa shape index (κ3) is 2.13. The van der Waals surface area contributed by atoms with Crippen LogP contribution in [-0.4, -0.2) is 26.7 Å². The van der Waals surface area contributed by atoms with Gasteiger partial charge in [-0.2, -0.15) is 0 Å². The van der Waals surface area contributed by atoms with Gasteiger partial charge in [0.2, 0.25) is 0 Å². The van der Waals surface area contributed by atoms with Crippen molar-refractivity contribution in [3.63, 3.8) is 0 Å². The number of aryl methyl sites for hydroxylation is 1. The molecule has 2 rings (SSSR count). The van der Waals surface area contributed by atoms with Crippen molar-refractivity contribution in [2.75, 3.05) is 0 Å². The Balaban J connectivity index is 2.31. The van der Waals surface area contributed by atoms with Crippen molar-refractivity contribution in [3.05, 3.63) is 41.6 Å². The molecule has 1 atom stereocenters. The van der Waals surface area contributed by atoms with E-state index in [1.165, 1.54) is 4.90 Å². The van der Waals surface area contributed by atoms with Crippen molar-refractivity contribution in [3.8, 4) is 0 Å². The van der Waals surface area contributed by atoms with Crippen LogP contribution in [0.15, 0.2) is 35.9 Å². The lowest BCUT2D eigenvalue weighted by atomic mass is 10.2. The molecular weight excluding hydrogens is 248 g/mol. The van der Waals surface area contributed by atoms with Crippen molar-refractivity contribution in [1.82, 2.24) is 9.47 Å². The molecule has 1 aromatic rings. The number of amides is 2. The Kier molecular flexibility index (Phi) is 3.43. The van der Waals surface area contributed by atoms with Gasteiger partial charge in [0.25, 0.3) is 11.1 Å². The second-order valence-corrected chi connectivity index (χ2v) is 5.07. The highest BCUT2D eigenvalue weighted by Gasteiger charge is 2.37. The molecule has 0 saturated carbocycles. The highest BCUT2D eigenvalue weighted by molar-refractivity contribution is 8.18. The van der Waals surface area contributed by atoms with Gasteiger partial charge in [0.05, 0.1) is 10.9 Å². The van der Waals surface area contributed by atoms with Crippen LogP contribution in [0.3, 0.4) is 0 Å². The smallest absolute Gasteiger partial charge is 0.294 e. The third-order valence-corrected chi connectivity index (χ3v) is 3.72. The number of rotatable bonds is 3. The van der Waals surface area contributed by atoms with Crippen LogP contribution in [0.25, 0.3) is 6.08 Å². The number of imide groups is 1. The van der Waals surface area contributed by atoms with Crippen molar-refractivity contribution in [1.29, 1.82) is 0 Å². The summed E-state index contributed by atoms with van der Waals surface area (Å²) in [5, 5.41) is -0.243. The zero-order valence-corrected chi connectivity index (χ0v) is 11.1. The lowest BCUT2D eigenvalue weighted by molar-refractivity contribution is -0.123. The third-order valence-electron chi connectivity index (χ3n) is 2.83. The van der Waals surface area contributed by atoms with Crippen molar-refractivity contribution in [2.45, 2.75) is 13.0 Å². The van der Waals surface area contributed by atoms with Gasteiger partial charge in [-0.1, -0.05) is 6.08 Å².